The zero-order valence-electron chi connectivity index (χ0n) is 28.4. The maximum absolute atomic E-state index is 13.3. The molecule has 0 aromatic heterocycles. The van der Waals surface area contributed by atoms with Crippen molar-refractivity contribution >= 4 is 13.7 Å². The molecule has 6 heteroatoms. The Kier molecular flexibility index (Phi) is 29.2. The van der Waals surface area contributed by atoms with E-state index in [1.807, 2.05) is 23.9 Å². The molecule has 0 rings (SSSR count). The van der Waals surface area contributed by atoms with E-state index < -0.39 is 13.9 Å². The number of rotatable bonds is 31. The summed E-state index contributed by atoms with van der Waals surface area (Å²) in [6.45, 7) is 8.63. The van der Waals surface area contributed by atoms with Crippen molar-refractivity contribution in [1.29, 1.82) is 0 Å². The largest absolute Gasteiger partial charge is 0.387 e. The van der Waals surface area contributed by atoms with E-state index in [-0.39, 0.29) is 5.91 Å². The molecule has 41 heavy (non-hydrogen) atoms. The van der Waals surface area contributed by atoms with Crippen LogP contribution in [0.5, 0.6) is 0 Å². The van der Waals surface area contributed by atoms with Gasteiger partial charge in [-0.3, -0.25) is 4.79 Å². The highest BCUT2D eigenvalue weighted by atomic mass is 31.1. The van der Waals surface area contributed by atoms with E-state index in [0.29, 0.717) is 25.3 Å². The fourth-order valence-electron chi connectivity index (χ4n) is 5.71. The molecule has 5 nitrogen and oxygen atoms in total. The van der Waals surface area contributed by atoms with E-state index in [2.05, 4.69) is 20.8 Å². The molecule has 0 aromatic rings. The Bertz CT molecular complexity index is 602. The number of carbonyl (C=O) groups excluding carboxylic acids is 1. The normalized spacial score (nSPS) is 13.5. The second-order valence-corrected chi connectivity index (χ2v) is 14.7. The third-order valence-corrected chi connectivity index (χ3v) is 9.99. The second-order valence-electron chi connectivity index (χ2n) is 13.0. The van der Waals surface area contributed by atoms with E-state index >= 15 is 0 Å². The summed E-state index contributed by atoms with van der Waals surface area (Å²) < 4.78 is 12.5. The summed E-state index contributed by atoms with van der Waals surface area (Å²) in [6.07, 6.45) is 27.4. The first-order valence-corrected chi connectivity index (χ1v) is 19.5. The smallest absolute Gasteiger partial charge is 0.342 e. The van der Waals surface area contributed by atoms with E-state index in [0.717, 1.165) is 44.7 Å². The average molecular weight is 600 g/mol. The van der Waals surface area contributed by atoms with Gasteiger partial charge in [-0.15, -0.1) is 0 Å². The molecule has 1 N–H and O–H groups in total. The zero-order valence-corrected chi connectivity index (χ0v) is 29.2. The first-order chi connectivity index (χ1) is 19.8. The monoisotopic (exact) mass is 600 g/mol. The summed E-state index contributed by atoms with van der Waals surface area (Å²) in [7, 11) is 2.51. The zero-order chi connectivity index (χ0) is 30.6. The molecule has 0 heterocycles. The Morgan fingerprint density at radius 2 is 1.15 bits per heavy atom. The molecule has 0 saturated carbocycles. The summed E-state index contributed by atoms with van der Waals surface area (Å²) in [5.74, 6) is 0.987. The first kappa shape index (κ1) is 40.5. The van der Waals surface area contributed by atoms with Crippen LogP contribution in [-0.2, 0) is 9.36 Å². The lowest BCUT2D eigenvalue weighted by Crippen LogP contribution is -2.39. The second kappa shape index (κ2) is 29.6. The lowest BCUT2D eigenvalue weighted by atomic mass is 9.90. The highest BCUT2D eigenvalue weighted by molar-refractivity contribution is 7.44. The van der Waals surface area contributed by atoms with E-state index in [9.17, 15) is 14.5 Å². The van der Waals surface area contributed by atoms with Gasteiger partial charge >= 0.3 is 7.80 Å². The maximum Gasteiger partial charge on any atom is 0.342 e. The fourth-order valence-corrected chi connectivity index (χ4v) is 7.10. The van der Waals surface area contributed by atoms with Crippen molar-refractivity contribution in [2.75, 3.05) is 46.1 Å². The number of carbonyl (C=O) groups is 1. The van der Waals surface area contributed by atoms with Crippen molar-refractivity contribution in [3.05, 3.63) is 0 Å². The molecular formula is C35H72N2O3P+. The minimum atomic E-state index is -1.44. The third-order valence-electron chi connectivity index (χ3n) is 8.46. The molecule has 0 saturated heterocycles. The Morgan fingerprint density at radius 1 is 0.659 bits per heavy atom. The highest BCUT2D eigenvalue weighted by Gasteiger charge is 2.25. The van der Waals surface area contributed by atoms with Crippen molar-refractivity contribution < 1.29 is 14.5 Å². The molecule has 3 atom stereocenters. The minimum absolute atomic E-state index is 0.177. The van der Waals surface area contributed by atoms with Gasteiger partial charge in [0.15, 0.2) is 12.3 Å². The van der Waals surface area contributed by atoms with E-state index in [1.165, 1.54) is 109 Å². The molecule has 0 aliphatic heterocycles. The number of aliphatic hydroxyl groups is 1. The summed E-state index contributed by atoms with van der Waals surface area (Å²) in [6, 6.07) is 0. The molecule has 0 aromatic carbocycles. The third kappa shape index (κ3) is 26.8. The summed E-state index contributed by atoms with van der Waals surface area (Å²) in [5, 5.41) is 10.7. The SMILES string of the molecule is CCCCCCCCCCN(CC(O)C[P+](=O)CCN(C)C)C(=O)CCCCC(CCCC)CCCCCCCC. The number of hydrogen-bond acceptors (Lipinski definition) is 4. The van der Waals surface area contributed by atoms with Crippen molar-refractivity contribution in [2.45, 2.75) is 168 Å². The molecule has 0 bridgehead atoms. The lowest BCUT2D eigenvalue weighted by molar-refractivity contribution is -0.132. The Labute approximate surface area is 257 Å². The number of hydrogen-bond donors (Lipinski definition) is 1. The molecule has 3 unspecified atom stereocenters. The Hall–Kier alpha value is -0.510. The molecule has 0 aliphatic rings. The van der Waals surface area contributed by atoms with E-state index in [4.69, 9.17) is 0 Å². The van der Waals surface area contributed by atoms with Crippen LogP contribution in [0.2, 0.25) is 0 Å². The number of aliphatic hydroxyl groups excluding tert-OH is 1. The quantitative estimate of drug-likeness (QED) is 0.0636. The topological polar surface area (TPSA) is 60.9 Å². The van der Waals surface area contributed by atoms with Gasteiger partial charge in [0.25, 0.3) is 0 Å². The molecule has 0 spiro atoms. The average Bonchev–Trinajstić information content (AvgIpc) is 2.94. The van der Waals surface area contributed by atoms with Gasteiger partial charge in [-0.2, -0.15) is 0 Å². The maximum atomic E-state index is 13.3. The van der Waals surface area contributed by atoms with Crippen LogP contribution >= 0.6 is 7.80 Å². The summed E-state index contributed by atoms with van der Waals surface area (Å²) >= 11 is 0. The van der Waals surface area contributed by atoms with Crippen LogP contribution < -0.4 is 0 Å². The predicted octanol–water partition coefficient (Wildman–Crippen LogP) is 9.82. The van der Waals surface area contributed by atoms with Gasteiger partial charge in [0.2, 0.25) is 5.91 Å². The molecule has 244 valence electrons. The van der Waals surface area contributed by atoms with Gasteiger partial charge in [-0.05, 0) is 32.9 Å². The van der Waals surface area contributed by atoms with Gasteiger partial charge in [0, 0.05) is 19.5 Å². The predicted molar refractivity (Wildman–Crippen MR) is 181 cm³/mol. The minimum Gasteiger partial charge on any atom is -0.387 e. The van der Waals surface area contributed by atoms with Crippen molar-refractivity contribution in [2.24, 2.45) is 5.92 Å². The van der Waals surface area contributed by atoms with Crippen LogP contribution in [0.15, 0.2) is 0 Å². The fraction of sp³-hybridized carbons (Fsp3) is 0.971. The highest BCUT2D eigenvalue weighted by Crippen LogP contribution is 2.24. The standard InChI is InChI=1S/C35H72N2O3P/c1-6-9-12-14-16-17-19-23-28-37(31-34(38)32-41(40)30-29-36(4)5)35(39)27-22-21-26-33(24-11-8-3)25-20-18-15-13-10-7-2/h33-34,38H,6-32H2,1-5H3/q+1. The number of unbranched alkanes of at least 4 members (excludes halogenated alkanes) is 14. The Morgan fingerprint density at radius 3 is 1.71 bits per heavy atom. The molecular weight excluding hydrogens is 527 g/mol. The van der Waals surface area contributed by atoms with Gasteiger partial charge in [-0.1, -0.05) is 147 Å². The van der Waals surface area contributed by atoms with Crippen molar-refractivity contribution in [3.8, 4) is 0 Å². The number of amides is 1. The van der Waals surface area contributed by atoms with Crippen LogP contribution in [0.1, 0.15) is 162 Å². The van der Waals surface area contributed by atoms with Crippen LogP contribution in [0.3, 0.4) is 0 Å². The van der Waals surface area contributed by atoms with Gasteiger partial charge in [0.1, 0.15) is 6.10 Å². The summed E-state index contributed by atoms with van der Waals surface area (Å²) in [5.41, 5.74) is 0. The molecule has 0 aliphatic carbocycles. The van der Waals surface area contributed by atoms with Crippen molar-refractivity contribution in [1.82, 2.24) is 9.80 Å². The van der Waals surface area contributed by atoms with Gasteiger partial charge < -0.3 is 14.9 Å². The lowest BCUT2D eigenvalue weighted by Gasteiger charge is -2.25. The van der Waals surface area contributed by atoms with Crippen LogP contribution in [0, 0.1) is 5.92 Å². The van der Waals surface area contributed by atoms with Crippen LogP contribution in [0.25, 0.3) is 0 Å². The molecule has 1 amide bonds. The molecule has 0 radical (unpaired) electrons. The van der Waals surface area contributed by atoms with Crippen LogP contribution in [-0.4, -0.2) is 73.0 Å². The first-order valence-electron chi connectivity index (χ1n) is 17.9. The van der Waals surface area contributed by atoms with Crippen molar-refractivity contribution in [3.63, 3.8) is 0 Å². The van der Waals surface area contributed by atoms with Gasteiger partial charge in [0.05, 0.1) is 6.54 Å². The van der Waals surface area contributed by atoms with E-state index in [1.54, 1.807) is 0 Å². The molecule has 0 fully saturated rings. The Balaban J connectivity index is 4.66. The van der Waals surface area contributed by atoms with Crippen LogP contribution in [0.4, 0.5) is 0 Å². The van der Waals surface area contributed by atoms with Gasteiger partial charge in [-0.25, -0.2) is 0 Å². The number of nitrogens with zero attached hydrogens (tertiary/aromatic N) is 2. The summed E-state index contributed by atoms with van der Waals surface area (Å²) in [4.78, 5) is 17.2.